The Bertz CT molecular complexity index is 1080. The number of benzene rings is 1. The summed E-state index contributed by atoms with van der Waals surface area (Å²) in [4.78, 5) is 13.3. The number of fused-ring (bicyclic) bond motifs is 3. The number of carboxylic acids is 1. The van der Waals surface area contributed by atoms with Gasteiger partial charge in [-0.2, -0.15) is 18.4 Å². The van der Waals surface area contributed by atoms with Gasteiger partial charge in [-0.15, -0.1) is 0 Å². The van der Waals surface area contributed by atoms with Crippen molar-refractivity contribution in [3.8, 4) is 28.7 Å². The maximum absolute atomic E-state index is 10.6. The van der Waals surface area contributed by atoms with Crippen molar-refractivity contribution in [3.63, 3.8) is 0 Å². The molecule has 9 heteroatoms. The summed E-state index contributed by atoms with van der Waals surface area (Å²) >= 11 is 0. The summed E-state index contributed by atoms with van der Waals surface area (Å²) in [5.74, 6) is -1.85. The van der Waals surface area contributed by atoms with Crippen LogP contribution in [-0.4, -0.2) is 22.2 Å². The highest BCUT2D eigenvalue weighted by atomic mass is 19.4. The molecule has 1 aromatic carbocycles. The van der Waals surface area contributed by atoms with E-state index in [9.17, 15) is 18.4 Å². The largest absolute Gasteiger partial charge is 0.490 e. The zero-order chi connectivity index (χ0) is 20.5. The van der Waals surface area contributed by atoms with E-state index in [-0.39, 0.29) is 5.82 Å². The molecule has 1 aliphatic carbocycles. The summed E-state index contributed by atoms with van der Waals surface area (Å²) in [6, 6.07) is 13.9. The predicted molar refractivity (Wildman–Crippen MR) is 93.0 cm³/mol. The summed E-state index contributed by atoms with van der Waals surface area (Å²) in [5.41, 5.74) is 11.3. The number of rotatable bonds is 1. The first-order chi connectivity index (χ1) is 13.2. The third-order valence-electron chi connectivity index (χ3n) is 4.09. The normalized spacial score (nSPS) is 11.6. The molecule has 0 amide bonds. The van der Waals surface area contributed by atoms with E-state index in [4.69, 9.17) is 20.1 Å². The number of pyridine rings is 1. The van der Waals surface area contributed by atoms with Crippen molar-refractivity contribution >= 4 is 11.8 Å². The van der Waals surface area contributed by atoms with E-state index in [1.807, 2.05) is 30.3 Å². The number of alkyl halides is 3. The number of hydrogen-bond acceptors (Lipinski definition) is 5. The third kappa shape index (κ3) is 3.40. The molecule has 2 heterocycles. The maximum Gasteiger partial charge on any atom is 0.490 e. The molecule has 0 bridgehead atoms. The van der Waals surface area contributed by atoms with Gasteiger partial charge in [-0.1, -0.05) is 24.3 Å². The van der Waals surface area contributed by atoms with Crippen molar-refractivity contribution in [2.75, 3.05) is 5.73 Å². The first-order valence-electron chi connectivity index (χ1n) is 7.88. The summed E-state index contributed by atoms with van der Waals surface area (Å²) in [6.07, 6.45) is -2.74. The predicted octanol–water partition coefficient (Wildman–Crippen LogP) is 4.00. The fraction of sp³-hybridized carbons (Fsp3) is 0.105. The van der Waals surface area contributed by atoms with Gasteiger partial charge in [-0.25, -0.2) is 9.78 Å². The Balaban J connectivity index is 0.000000279. The highest BCUT2D eigenvalue weighted by Gasteiger charge is 2.38. The Hall–Kier alpha value is -3.80. The fourth-order valence-corrected chi connectivity index (χ4v) is 2.94. The van der Waals surface area contributed by atoms with E-state index < -0.39 is 12.1 Å². The summed E-state index contributed by atoms with van der Waals surface area (Å²) in [6.45, 7) is 0. The maximum atomic E-state index is 10.6. The number of hydrogen-bond donors (Lipinski definition) is 2. The first-order valence-corrected chi connectivity index (χ1v) is 7.88. The van der Waals surface area contributed by atoms with Gasteiger partial charge in [-0.3, -0.25) is 0 Å². The SMILES string of the molecule is N#Cc1c(N)nc2c(c1-c1ccco1)Cc1ccccc1-2.O=C(O)C(F)(F)F. The zero-order valence-electron chi connectivity index (χ0n) is 14.1. The molecule has 0 radical (unpaired) electrons. The van der Waals surface area contributed by atoms with Gasteiger partial charge in [-0.05, 0) is 23.3 Å². The van der Waals surface area contributed by atoms with Crippen molar-refractivity contribution in [1.29, 1.82) is 5.26 Å². The van der Waals surface area contributed by atoms with Crippen LogP contribution in [0.3, 0.4) is 0 Å². The standard InChI is InChI=1S/C17H11N3O.C2HF3O2/c18-9-13-15(14-6-3-7-21-14)12-8-10-4-1-2-5-11(10)16(12)20-17(13)19;3-2(4,5)1(6)7/h1-7H,8H2,(H2,19,20);(H,6,7). The number of halogens is 3. The van der Waals surface area contributed by atoms with Gasteiger partial charge in [0.15, 0.2) is 0 Å². The van der Waals surface area contributed by atoms with Crippen LogP contribution >= 0.6 is 0 Å². The van der Waals surface area contributed by atoms with E-state index in [1.165, 1.54) is 5.56 Å². The monoisotopic (exact) mass is 387 g/mol. The molecule has 28 heavy (non-hydrogen) atoms. The quantitative estimate of drug-likeness (QED) is 0.510. The van der Waals surface area contributed by atoms with Crippen LogP contribution in [0, 0.1) is 11.3 Å². The smallest absolute Gasteiger partial charge is 0.475 e. The molecule has 0 saturated carbocycles. The molecule has 0 aliphatic heterocycles. The molecule has 6 nitrogen and oxygen atoms in total. The lowest BCUT2D eigenvalue weighted by Crippen LogP contribution is -2.21. The Labute approximate surface area is 156 Å². The van der Waals surface area contributed by atoms with Gasteiger partial charge in [0.1, 0.15) is 23.2 Å². The highest BCUT2D eigenvalue weighted by molar-refractivity contribution is 5.86. The van der Waals surface area contributed by atoms with Gasteiger partial charge < -0.3 is 15.3 Å². The molecule has 0 unspecified atom stereocenters. The van der Waals surface area contributed by atoms with Crippen LogP contribution in [0.15, 0.2) is 47.1 Å². The van der Waals surface area contributed by atoms with E-state index in [1.54, 1.807) is 6.26 Å². The average molecular weight is 387 g/mol. The molecule has 0 fully saturated rings. The molecule has 0 saturated heterocycles. The van der Waals surface area contributed by atoms with E-state index in [0.29, 0.717) is 11.3 Å². The van der Waals surface area contributed by atoms with Gasteiger partial charge in [0, 0.05) is 17.5 Å². The number of carboxylic acid groups (broad SMARTS) is 1. The number of furan rings is 1. The second-order valence-electron chi connectivity index (χ2n) is 5.80. The molecule has 3 N–H and O–H groups in total. The Morgan fingerprint density at radius 2 is 1.93 bits per heavy atom. The number of nitriles is 1. The Morgan fingerprint density at radius 1 is 1.25 bits per heavy atom. The van der Waals surface area contributed by atoms with E-state index in [2.05, 4.69) is 17.1 Å². The van der Waals surface area contributed by atoms with Gasteiger partial charge in [0.25, 0.3) is 0 Å². The number of nitrogens with two attached hydrogens (primary N) is 1. The molecule has 142 valence electrons. The molecule has 0 spiro atoms. The molecule has 3 aromatic rings. The van der Waals surface area contributed by atoms with Crippen LogP contribution < -0.4 is 5.73 Å². The summed E-state index contributed by atoms with van der Waals surface area (Å²) in [7, 11) is 0. The molecule has 2 aromatic heterocycles. The third-order valence-corrected chi connectivity index (χ3v) is 4.09. The van der Waals surface area contributed by atoms with Crippen LogP contribution in [0.5, 0.6) is 0 Å². The number of aliphatic carboxylic acids is 1. The minimum Gasteiger partial charge on any atom is -0.475 e. The van der Waals surface area contributed by atoms with Crippen LogP contribution in [0.25, 0.3) is 22.6 Å². The lowest BCUT2D eigenvalue weighted by Gasteiger charge is -2.10. The fourth-order valence-electron chi connectivity index (χ4n) is 2.94. The van der Waals surface area contributed by atoms with E-state index in [0.717, 1.165) is 28.8 Å². The van der Waals surface area contributed by atoms with Crippen molar-refractivity contribution in [1.82, 2.24) is 4.98 Å². The first kappa shape index (κ1) is 19.0. The summed E-state index contributed by atoms with van der Waals surface area (Å²) < 4.78 is 37.2. The second kappa shape index (κ2) is 7.08. The lowest BCUT2D eigenvalue weighted by molar-refractivity contribution is -0.192. The highest BCUT2D eigenvalue weighted by Crippen LogP contribution is 2.43. The molecule has 1 aliphatic rings. The van der Waals surface area contributed by atoms with E-state index >= 15 is 0 Å². The van der Waals surface area contributed by atoms with Crippen LogP contribution in [-0.2, 0) is 11.2 Å². The summed E-state index contributed by atoms with van der Waals surface area (Å²) in [5, 5.41) is 16.6. The van der Waals surface area contributed by atoms with Crippen molar-refractivity contribution in [2.24, 2.45) is 0 Å². The molecular formula is C19H12F3N3O3. The Morgan fingerprint density at radius 3 is 2.50 bits per heavy atom. The van der Waals surface area contributed by atoms with Crippen LogP contribution in [0.2, 0.25) is 0 Å². The van der Waals surface area contributed by atoms with Crippen LogP contribution in [0.4, 0.5) is 19.0 Å². The minimum absolute atomic E-state index is 0.249. The number of carbonyl (C=O) groups is 1. The molecule has 4 rings (SSSR count). The topological polar surface area (TPSA) is 113 Å². The Kier molecular flexibility index (Phi) is 4.79. The molecule has 0 atom stereocenters. The van der Waals surface area contributed by atoms with Crippen molar-refractivity contribution < 1.29 is 27.5 Å². The number of nitrogen functional groups attached to an aromatic ring is 1. The van der Waals surface area contributed by atoms with Gasteiger partial charge >= 0.3 is 12.1 Å². The molecular weight excluding hydrogens is 375 g/mol. The van der Waals surface area contributed by atoms with Crippen molar-refractivity contribution in [3.05, 3.63) is 59.4 Å². The number of aromatic nitrogens is 1. The van der Waals surface area contributed by atoms with Gasteiger partial charge in [0.05, 0.1) is 12.0 Å². The minimum atomic E-state index is -5.08. The number of nitrogens with zero attached hydrogens (tertiary/aromatic N) is 2. The average Bonchev–Trinajstić information content (AvgIpc) is 3.28. The van der Waals surface area contributed by atoms with Crippen LogP contribution in [0.1, 0.15) is 16.7 Å². The lowest BCUT2D eigenvalue weighted by atomic mass is 9.98. The van der Waals surface area contributed by atoms with Crippen molar-refractivity contribution in [2.45, 2.75) is 12.6 Å². The number of anilines is 1. The van der Waals surface area contributed by atoms with Gasteiger partial charge in [0.2, 0.25) is 0 Å². The zero-order valence-corrected chi connectivity index (χ0v) is 14.1. The second-order valence-corrected chi connectivity index (χ2v) is 5.80.